The molecule has 0 saturated heterocycles. The maximum Gasteiger partial charge on any atom is 0.228 e. The van der Waals surface area contributed by atoms with Gasteiger partial charge in [0.05, 0.1) is 12.6 Å². The Labute approximate surface area is 132 Å². The Kier molecular flexibility index (Phi) is 6.71. The van der Waals surface area contributed by atoms with Crippen molar-refractivity contribution in [1.82, 2.24) is 10.2 Å². The minimum absolute atomic E-state index is 0.00750. The van der Waals surface area contributed by atoms with Crippen LogP contribution in [0, 0.1) is 5.41 Å². The Morgan fingerprint density at radius 2 is 2.00 bits per heavy atom. The Morgan fingerprint density at radius 1 is 1.36 bits per heavy atom. The van der Waals surface area contributed by atoms with Crippen LogP contribution in [0.3, 0.4) is 0 Å². The minimum atomic E-state index is -0.491. The largest absolute Gasteiger partial charge is 0.333 e. The number of aldehydes is 1. The number of rotatable bonds is 3. The molecule has 5 nitrogen and oxygen atoms in total. The molecule has 2 rings (SSSR count). The van der Waals surface area contributed by atoms with Gasteiger partial charge in [-0.25, -0.2) is 0 Å². The van der Waals surface area contributed by atoms with Crippen LogP contribution >= 0.6 is 0 Å². The van der Waals surface area contributed by atoms with Crippen molar-refractivity contribution in [3.63, 3.8) is 0 Å². The number of nitrogens with zero attached hydrogens (tertiary/aromatic N) is 1. The van der Waals surface area contributed by atoms with E-state index in [1.165, 1.54) is 12.6 Å². The third kappa shape index (κ3) is 4.15. The van der Waals surface area contributed by atoms with Crippen molar-refractivity contribution in [2.45, 2.75) is 33.4 Å². The molecule has 0 spiro atoms. The van der Waals surface area contributed by atoms with Gasteiger partial charge in [-0.3, -0.25) is 4.79 Å². The highest BCUT2D eigenvalue weighted by molar-refractivity contribution is 5.83. The van der Waals surface area contributed by atoms with Crippen molar-refractivity contribution in [3.8, 4) is 0 Å². The molecule has 1 aliphatic rings. The highest BCUT2D eigenvalue weighted by Crippen LogP contribution is 2.30. The van der Waals surface area contributed by atoms with E-state index in [1.807, 2.05) is 32.9 Å². The number of nitrogens with two attached hydrogens (primary N) is 1. The second kappa shape index (κ2) is 8.06. The number of hydrogen-bond donors (Lipinski definition) is 2. The molecule has 5 heteroatoms. The summed E-state index contributed by atoms with van der Waals surface area (Å²) in [5, 5.41) is 3.33. The fraction of sp³-hybridized carbons (Fsp3) is 0.529. The molecule has 1 amide bonds. The first-order valence-electron chi connectivity index (χ1n) is 7.56. The summed E-state index contributed by atoms with van der Waals surface area (Å²) in [7, 11) is 1.50. The number of carbonyl (C=O) groups is 2. The second-order valence-electron chi connectivity index (χ2n) is 6.22. The lowest BCUT2D eigenvalue weighted by atomic mass is 9.90. The molecule has 0 aliphatic carbocycles. The van der Waals surface area contributed by atoms with E-state index in [0.29, 0.717) is 6.54 Å². The lowest BCUT2D eigenvalue weighted by molar-refractivity contribution is -0.143. The zero-order chi connectivity index (χ0) is 16.8. The molecule has 0 bridgehead atoms. The first-order chi connectivity index (χ1) is 10.4. The topological polar surface area (TPSA) is 75.4 Å². The molecule has 0 aromatic heterocycles. The first kappa shape index (κ1) is 18.3. The van der Waals surface area contributed by atoms with Crippen molar-refractivity contribution in [2.75, 3.05) is 20.1 Å². The van der Waals surface area contributed by atoms with Gasteiger partial charge in [0, 0.05) is 18.5 Å². The van der Waals surface area contributed by atoms with Crippen LogP contribution in [0.15, 0.2) is 24.3 Å². The quantitative estimate of drug-likeness (QED) is 0.830. The van der Waals surface area contributed by atoms with Gasteiger partial charge in [0.25, 0.3) is 0 Å². The fourth-order valence-corrected chi connectivity index (χ4v) is 2.61. The van der Waals surface area contributed by atoms with Crippen molar-refractivity contribution >= 4 is 12.2 Å². The van der Waals surface area contributed by atoms with Gasteiger partial charge < -0.3 is 20.7 Å². The molecule has 1 aromatic carbocycles. The second-order valence-corrected chi connectivity index (χ2v) is 6.22. The Balaban J connectivity index is 0.00000116. The van der Waals surface area contributed by atoms with Crippen LogP contribution in [0.25, 0.3) is 0 Å². The van der Waals surface area contributed by atoms with Gasteiger partial charge in [-0.1, -0.05) is 45.0 Å². The predicted octanol–water partition coefficient (Wildman–Crippen LogP) is 1.48. The number of fused-ring (bicyclic) bond motifs is 1. The molecular weight excluding hydrogens is 278 g/mol. The Morgan fingerprint density at radius 3 is 2.59 bits per heavy atom. The van der Waals surface area contributed by atoms with Crippen molar-refractivity contribution in [3.05, 3.63) is 35.4 Å². The third-order valence-corrected chi connectivity index (χ3v) is 3.62. The molecule has 0 saturated carbocycles. The van der Waals surface area contributed by atoms with Gasteiger partial charge in [-0.2, -0.15) is 0 Å². The van der Waals surface area contributed by atoms with E-state index in [9.17, 15) is 9.59 Å². The van der Waals surface area contributed by atoms with Crippen LogP contribution in [0.5, 0.6) is 0 Å². The normalized spacial score (nSPS) is 16.9. The van der Waals surface area contributed by atoms with E-state index < -0.39 is 5.41 Å². The molecule has 1 heterocycles. The maximum absolute atomic E-state index is 12.6. The van der Waals surface area contributed by atoms with Crippen LogP contribution < -0.4 is 11.1 Å². The number of hydrogen-bond acceptors (Lipinski definition) is 4. The van der Waals surface area contributed by atoms with Crippen LogP contribution in [0.2, 0.25) is 0 Å². The van der Waals surface area contributed by atoms with E-state index in [4.69, 9.17) is 0 Å². The van der Waals surface area contributed by atoms with Gasteiger partial charge >= 0.3 is 0 Å². The molecular formula is C17H27N3O2. The number of carbonyl (C=O) groups excluding carboxylic acids is 2. The summed E-state index contributed by atoms with van der Waals surface area (Å²) in [4.78, 5) is 25.3. The summed E-state index contributed by atoms with van der Waals surface area (Å²) < 4.78 is 0. The summed E-state index contributed by atoms with van der Waals surface area (Å²) in [6.07, 6.45) is 0.806. The summed E-state index contributed by atoms with van der Waals surface area (Å²) in [5.74, 6) is 0.00750. The molecule has 0 radical (unpaired) electrons. The predicted molar refractivity (Wildman–Crippen MR) is 88.2 cm³/mol. The monoisotopic (exact) mass is 305 g/mol. The van der Waals surface area contributed by atoms with Crippen LogP contribution in [0.4, 0.5) is 0 Å². The average molecular weight is 305 g/mol. The molecule has 22 heavy (non-hydrogen) atoms. The summed E-state index contributed by atoms with van der Waals surface area (Å²) in [6.45, 7) is 7.29. The van der Waals surface area contributed by atoms with Gasteiger partial charge in [0.1, 0.15) is 6.29 Å². The van der Waals surface area contributed by atoms with Gasteiger partial charge in [0.15, 0.2) is 0 Å². The average Bonchev–Trinajstić information content (AvgIpc) is 2.52. The minimum Gasteiger partial charge on any atom is -0.333 e. The molecule has 1 aliphatic heterocycles. The van der Waals surface area contributed by atoms with Crippen LogP contribution in [-0.2, 0) is 16.1 Å². The highest BCUT2D eigenvalue weighted by atomic mass is 16.2. The standard InChI is InChI=1S/C16H22N2O2.CH5N/c1-16(2,3)15(20)18(8-9-19)14-11-17-10-12-6-4-5-7-13(12)14;1-2/h4-7,9,14,17H,8,10-11H2,1-3H3;2H2,1H3. The molecule has 0 fully saturated rings. The van der Waals surface area contributed by atoms with E-state index in [0.717, 1.165) is 18.4 Å². The summed E-state index contributed by atoms with van der Waals surface area (Å²) >= 11 is 0. The molecule has 1 unspecified atom stereocenters. The number of amides is 1. The van der Waals surface area contributed by atoms with Crippen molar-refractivity contribution < 1.29 is 9.59 Å². The van der Waals surface area contributed by atoms with E-state index >= 15 is 0 Å². The molecule has 3 N–H and O–H groups in total. The molecule has 1 atom stereocenters. The Bertz CT molecular complexity index is 509. The van der Waals surface area contributed by atoms with Crippen LogP contribution in [0.1, 0.15) is 37.9 Å². The highest BCUT2D eigenvalue weighted by Gasteiger charge is 2.34. The number of nitrogens with one attached hydrogen (secondary N) is 1. The zero-order valence-corrected chi connectivity index (χ0v) is 13.9. The Hall–Kier alpha value is -1.72. The van der Waals surface area contributed by atoms with E-state index in [1.54, 1.807) is 4.90 Å². The summed E-state index contributed by atoms with van der Waals surface area (Å²) in [5.41, 5.74) is 6.35. The lowest BCUT2D eigenvalue weighted by Crippen LogP contribution is -2.47. The van der Waals surface area contributed by atoms with Crippen molar-refractivity contribution in [1.29, 1.82) is 0 Å². The SMILES string of the molecule is CC(C)(C)C(=O)N(CC=O)C1CNCc2ccccc21.CN. The molecule has 122 valence electrons. The first-order valence-corrected chi connectivity index (χ1v) is 7.56. The number of benzene rings is 1. The van der Waals surface area contributed by atoms with Gasteiger partial charge in [-0.15, -0.1) is 0 Å². The lowest BCUT2D eigenvalue weighted by Gasteiger charge is -2.38. The van der Waals surface area contributed by atoms with E-state index in [2.05, 4.69) is 23.2 Å². The van der Waals surface area contributed by atoms with E-state index in [-0.39, 0.29) is 18.5 Å². The third-order valence-electron chi connectivity index (χ3n) is 3.62. The molecule has 1 aromatic rings. The van der Waals surface area contributed by atoms with Crippen LogP contribution in [-0.4, -0.2) is 37.2 Å². The zero-order valence-electron chi connectivity index (χ0n) is 13.9. The smallest absolute Gasteiger partial charge is 0.228 e. The van der Waals surface area contributed by atoms with Gasteiger partial charge in [0.2, 0.25) is 5.91 Å². The fourth-order valence-electron chi connectivity index (χ4n) is 2.61. The van der Waals surface area contributed by atoms with Crippen molar-refractivity contribution in [2.24, 2.45) is 11.1 Å². The van der Waals surface area contributed by atoms with Gasteiger partial charge in [-0.05, 0) is 18.2 Å². The summed E-state index contributed by atoms with van der Waals surface area (Å²) in [6, 6.07) is 8.02. The maximum atomic E-state index is 12.6.